The summed E-state index contributed by atoms with van der Waals surface area (Å²) in [4.78, 5) is 21.1. The number of anilines is 1. The van der Waals surface area contributed by atoms with Crippen molar-refractivity contribution >= 4 is 22.4 Å². The van der Waals surface area contributed by atoms with E-state index in [-0.39, 0.29) is 36.2 Å². The molecule has 0 fully saturated rings. The maximum atomic E-state index is 13.8. The number of carbonyl (C=O) groups is 1. The van der Waals surface area contributed by atoms with Gasteiger partial charge in [0.15, 0.2) is 5.13 Å². The van der Waals surface area contributed by atoms with E-state index >= 15 is 0 Å². The van der Waals surface area contributed by atoms with Crippen LogP contribution in [0.4, 0.5) is 9.52 Å². The first kappa shape index (κ1) is 19.8. The third-order valence-electron chi connectivity index (χ3n) is 3.57. The van der Waals surface area contributed by atoms with Crippen LogP contribution in [0.25, 0.3) is 0 Å². The van der Waals surface area contributed by atoms with Gasteiger partial charge in [-0.25, -0.2) is 9.37 Å². The van der Waals surface area contributed by atoms with Crippen molar-refractivity contribution in [1.29, 1.82) is 0 Å². The second-order valence-corrected chi connectivity index (χ2v) is 7.19. The number of benzene rings is 1. The Balaban J connectivity index is 1.81. The molecule has 1 aromatic carbocycles. The number of hydrogen-bond donors (Lipinski definition) is 1. The van der Waals surface area contributed by atoms with Gasteiger partial charge >= 0.3 is 0 Å². The number of rotatable bonds is 7. The highest BCUT2D eigenvalue weighted by Gasteiger charge is 2.14. The van der Waals surface area contributed by atoms with Crippen molar-refractivity contribution in [1.82, 2.24) is 9.97 Å². The lowest BCUT2D eigenvalue weighted by atomic mass is 10.2. The van der Waals surface area contributed by atoms with Crippen LogP contribution in [0.5, 0.6) is 11.8 Å². The molecule has 28 heavy (non-hydrogen) atoms. The van der Waals surface area contributed by atoms with E-state index in [1.807, 2.05) is 26.2 Å². The number of nitrogens with one attached hydrogen (secondary N) is 1. The molecule has 0 aliphatic carbocycles. The van der Waals surface area contributed by atoms with Gasteiger partial charge in [0.25, 0.3) is 5.91 Å². The number of aromatic nitrogens is 2. The third-order valence-corrected chi connectivity index (χ3v) is 4.45. The molecule has 0 unspecified atom stereocenters. The SMILES string of the molecule is Cc1csc(NC(=O)c2cc(OCc3ccccc3F)nc(OC(C)C)c2)n1. The lowest BCUT2D eigenvalue weighted by Crippen LogP contribution is -2.14. The average molecular weight is 401 g/mol. The standard InChI is InChI=1S/C20H20FN3O3S/c1-12(2)27-18-9-15(19(25)24-20-22-13(3)11-28-20)8-17(23-18)26-10-14-6-4-5-7-16(14)21/h4-9,11-12H,10H2,1-3H3,(H,22,24,25). The van der Waals surface area contributed by atoms with Crippen molar-refractivity contribution in [3.8, 4) is 11.8 Å². The summed E-state index contributed by atoms with van der Waals surface area (Å²) in [7, 11) is 0. The van der Waals surface area contributed by atoms with Crippen LogP contribution < -0.4 is 14.8 Å². The maximum absolute atomic E-state index is 13.8. The molecule has 0 bridgehead atoms. The van der Waals surface area contributed by atoms with Gasteiger partial charge in [0, 0.05) is 23.1 Å². The lowest BCUT2D eigenvalue weighted by Gasteiger charge is -2.13. The van der Waals surface area contributed by atoms with Crippen molar-refractivity contribution in [3.63, 3.8) is 0 Å². The first-order valence-corrected chi connectivity index (χ1v) is 9.57. The third kappa shape index (κ3) is 5.26. The molecule has 146 valence electrons. The Morgan fingerprint density at radius 2 is 1.96 bits per heavy atom. The van der Waals surface area contributed by atoms with Crippen molar-refractivity contribution in [2.75, 3.05) is 5.32 Å². The molecule has 0 radical (unpaired) electrons. The highest BCUT2D eigenvalue weighted by atomic mass is 32.1. The molecule has 1 N–H and O–H groups in total. The predicted molar refractivity (Wildman–Crippen MR) is 106 cm³/mol. The molecule has 0 aliphatic rings. The molecule has 0 spiro atoms. The fourth-order valence-electron chi connectivity index (χ4n) is 2.34. The molecule has 6 nitrogen and oxygen atoms in total. The summed E-state index contributed by atoms with van der Waals surface area (Å²) >= 11 is 1.34. The number of hydrogen-bond acceptors (Lipinski definition) is 6. The van der Waals surface area contributed by atoms with Crippen LogP contribution in [0.1, 0.15) is 35.5 Å². The van der Waals surface area contributed by atoms with Crippen LogP contribution in [0.2, 0.25) is 0 Å². The summed E-state index contributed by atoms with van der Waals surface area (Å²) in [6.07, 6.45) is -0.133. The summed E-state index contributed by atoms with van der Waals surface area (Å²) in [6, 6.07) is 9.34. The summed E-state index contributed by atoms with van der Waals surface area (Å²) in [5.41, 5.74) is 1.53. The Bertz CT molecular complexity index is 975. The predicted octanol–water partition coefficient (Wildman–Crippen LogP) is 4.60. The van der Waals surface area contributed by atoms with E-state index in [1.165, 1.54) is 29.5 Å². The minimum absolute atomic E-state index is 0.0163. The van der Waals surface area contributed by atoms with Gasteiger partial charge in [0.2, 0.25) is 11.8 Å². The molecule has 0 atom stereocenters. The molecule has 0 aliphatic heterocycles. The lowest BCUT2D eigenvalue weighted by molar-refractivity contribution is 0.102. The van der Waals surface area contributed by atoms with Crippen LogP contribution >= 0.6 is 11.3 Å². The summed E-state index contributed by atoms with van der Waals surface area (Å²) in [5, 5.41) is 5.08. The largest absolute Gasteiger partial charge is 0.475 e. The van der Waals surface area contributed by atoms with Crippen molar-refractivity contribution < 1.29 is 18.7 Å². The van der Waals surface area contributed by atoms with Gasteiger partial charge in [0.1, 0.15) is 12.4 Å². The number of halogens is 1. The van der Waals surface area contributed by atoms with E-state index in [1.54, 1.807) is 18.2 Å². The summed E-state index contributed by atoms with van der Waals surface area (Å²) < 4.78 is 25.0. The van der Waals surface area contributed by atoms with E-state index < -0.39 is 0 Å². The van der Waals surface area contributed by atoms with Gasteiger partial charge in [-0.15, -0.1) is 11.3 Å². The number of ether oxygens (including phenoxy) is 2. The summed E-state index contributed by atoms with van der Waals surface area (Å²) in [5.74, 6) is -0.307. The normalized spacial score (nSPS) is 10.8. The van der Waals surface area contributed by atoms with Crippen LogP contribution in [0.3, 0.4) is 0 Å². The molecule has 2 aromatic heterocycles. The number of aryl methyl sites for hydroxylation is 1. The van der Waals surface area contributed by atoms with Gasteiger partial charge in [-0.1, -0.05) is 18.2 Å². The molecule has 0 saturated carbocycles. The highest BCUT2D eigenvalue weighted by molar-refractivity contribution is 7.13. The number of amides is 1. The molecule has 0 saturated heterocycles. The molecular weight excluding hydrogens is 381 g/mol. The Morgan fingerprint density at radius 3 is 2.64 bits per heavy atom. The molecule has 1 amide bonds. The monoisotopic (exact) mass is 401 g/mol. The van der Waals surface area contributed by atoms with Gasteiger partial charge in [-0.3, -0.25) is 10.1 Å². The molecule has 3 aromatic rings. The number of thiazole rings is 1. The second kappa shape index (κ2) is 8.79. The Kier molecular flexibility index (Phi) is 6.20. The van der Waals surface area contributed by atoms with Crippen molar-refractivity contribution in [3.05, 3.63) is 64.4 Å². The van der Waals surface area contributed by atoms with Gasteiger partial charge < -0.3 is 9.47 Å². The van der Waals surface area contributed by atoms with E-state index in [0.29, 0.717) is 16.3 Å². The van der Waals surface area contributed by atoms with E-state index in [2.05, 4.69) is 15.3 Å². The minimum atomic E-state index is -0.366. The quantitative estimate of drug-likeness (QED) is 0.626. The highest BCUT2D eigenvalue weighted by Crippen LogP contribution is 2.22. The Labute approximate surface area is 166 Å². The average Bonchev–Trinajstić information content (AvgIpc) is 3.05. The number of pyridine rings is 1. The van der Waals surface area contributed by atoms with Crippen LogP contribution in [0.15, 0.2) is 41.8 Å². The molecule has 8 heteroatoms. The Morgan fingerprint density at radius 1 is 1.21 bits per heavy atom. The van der Waals surface area contributed by atoms with E-state index in [9.17, 15) is 9.18 Å². The fourth-order valence-corrected chi connectivity index (χ4v) is 3.02. The van der Waals surface area contributed by atoms with Crippen LogP contribution in [-0.2, 0) is 6.61 Å². The zero-order chi connectivity index (χ0) is 20.1. The first-order chi connectivity index (χ1) is 13.4. The zero-order valence-electron chi connectivity index (χ0n) is 15.7. The fraction of sp³-hybridized carbons (Fsp3) is 0.250. The second-order valence-electron chi connectivity index (χ2n) is 6.33. The van der Waals surface area contributed by atoms with Gasteiger partial charge in [-0.05, 0) is 26.8 Å². The van der Waals surface area contributed by atoms with Crippen LogP contribution in [-0.4, -0.2) is 22.0 Å². The number of nitrogens with zero attached hydrogens (tertiary/aromatic N) is 2. The minimum Gasteiger partial charge on any atom is -0.475 e. The van der Waals surface area contributed by atoms with E-state index in [0.717, 1.165) is 5.69 Å². The van der Waals surface area contributed by atoms with E-state index in [4.69, 9.17) is 9.47 Å². The van der Waals surface area contributed by atoms with Crippen LogP contribution in [0, 0.1) is 12.7 Å². The summed E-state index contributed by atoms with van der Waals surface area (Å²) in [6.45, 7) is 5.54. The topological polar surface area (TPSA) is 73.3 Å². The molecule has 3 rings (SSSR count). The number of carbonyl (C=O) groups excluding carboxylic acids is 1. The Hall–Kier alpha value is -3.00. The molecular formula is C20H20FN3O3S. The van der Waals surface area contributed by atoms with Gasteiger partial charge in [-0.2, -0.15) is 4.98 Å². The smallest absolute Gasteiger partial charge is 0.257 e. The zero-order valence-corrected chi connectivity index (χ0v) is 16.5. The van der Waals surface area contributed by atoms with Crippen molar-refractivity contribution in [2.24, 2.45) is 0 Å². The first-order valence-electron chi connectivity index (χ1n) is 8.69. The van der Waals surface area contributed by atoms with Gasteiger partial charge in [0.05, 0.1) is 17.4 Å². The van der Waals surface area contributed by atoms with Crippen molar-refractivity contribution in [2.45, 2.75) is 33.5 Å². The molecule has 2 heterocycles. The maximum Gasteiger partial charge on any atom is 0.257 e.